The summed E-state index contributed by atoms with van der Waals surface area (Å²) in [4.78, 5) is 3.97. The van der Waals surface area contributed by atoms with Crippen LogP contribution in [-0.4, -0.2) is 14.7 Å². The fraction of sp³-hybridized carbons (Fsp3) is 0.625. The summed E-state index contributed by atoms with van der Waals surface area (Å²) in [6.07, 6.45) is 2.54. The van der Waals surface area contributed by atoms with Gasteiger partial charge in [-0.05, 0) is 5.92 Å². The summed E-state index contributed by atoms with van der Waals surface area (Å²) >= 11 is 0. The predicted molar refractivity (Wildman–Crippen MR) is 43.4 cm³/mol. The van der Waals surface area contributed by atoms with Gasteiger partial charge in [0.05, 0.1) is 6.20 Å². The standard InChI is InChI=1S/C8H14N2O/c1-6(2)4-7-9-8(11)5-10(7)3/h5-6,11H,4H2,1-3H3. The monoisotopic (exact) mass is 154 g/mol. The molecule has 0 fully saturated rings. The molecular formula is C8H14N2O. The zero-order valence-electron chi connectivity index (χ0n) is 7.20. The number of hydrogen-bond acceptors (Lipinski definition) is 2. The Bertz CT molecular complexity index is 240. The Balaban J connectivity index is 2.77. The van der Waals surface area contributed by atoms with Gasteiger partial charge in [-0.3, -0.25) is 0 Å². The number of aromatic hydroxyl groups is 1. The molecule has 1 heterocycles. The SMILES string of the molecule is CC(C)Cc1nc(O)cn1C. The van der Waals surface area contributed by atoms with Gasteiger partial charge in [-0.15, -0.1) is 0 Å². The van der Waals surface area contributed by atoms with E-state index >= 15 is 0 Å². The summed E-state index contributed by atoms with van der Waals surface area (Å²) in [6, 6.07) is 0. The van der Waals surface area contributed by atoms with Crippen LogP contribution in [0.1, 0.15) is 19.7 Å². The summed E-state index contributed by atoms with van der Waals surface area (Å²) in [5.41, 5.74) is 0. The van der Waals surface area contributed by atoms with Gasteiger partial charge < -0.3 is 9.67 Å². The van der Waals surface area contributed by atoms with Gasteiger partial charge in [-0.2, -0.15) is 4.98 Å². The molecule has 0 saturated carbocycles. The molecule has 11 heavy (non-hydrogen) atoms. The summed E-state index contributed by atoms with van der Waals surface area (Å²) in [7, 11) is 1.89. The molecule has 0 aromatic carbocycles. The second-order valence-corrected chi connectivity index (χ2v) is 3.22. The molecular weight excluding hydrogens is 140 g/mol. The highest BCUT2D eigenvalue weighted by Crippen LogP contribution is 2.10. The maximum atomic E-state index is 9.01. The normalized spacial score (nSPS) is 10.9. The van der Waals surface area contributed by atoms with Crippen molar-refractivity contribution in [2.45, 2.75) is 20.3 Å². The molecule has 62 valence electrons. The lowest BCUT2D eigenvalue weighted by Crippen LogP contribution is -2.01. The zero-order chi connectivity index (χ0) is 8.43. The first-order valence-electron chi connectivity index (χ1n) is 3.81. The number of rotatable bonds is 2. The van der Waals surface area contributed by atoms with Crippen molar-refractivity contribution in [3.8, 4) is 5.88 Å². The number of hydrogen-bond donors (Lipinski definition) is 1. The predicted octanol–water partition coefficient (Wildman–Crippen LogP) is 1.32. The van der Waals surface area contributed by atoms with Crippen molar-refractivity contribution < 1.29 is 5.11 Å². The van der Waals surface area contributed by atoms with Gasteiger partial charge >= 0.3 is 0 Å². The Kier molecular flexibility index (Phi) is 2.17. The van der Waals surface area contributed by atoms with Crippen molar-refractivity contribution in [2.75, 3.05) is 0 Å². The van der Waals surface area contributed by atoms with Crippen molar-refractivity contribution in [3.63, 3.8) is 0 Å². The largest absolute Gasteiger partial charge is 0.492 e. The van der Waals surface area contributed by atoms with Gasteiger partial charge in [0.15, 0.2) is 0 Å². The molecule has 3 heteroatoms. The van der Waals surface area contributed by atoms with Gasteiger partial charge in [0.25, 0.3) is 0 Å². The highest BCUT2D eigenvalue weighted by atomic mass is 16.3. The molecule has 0 spiro atoms. The molecule has 0 atom stereocenters. The molecule has 1 aromatic rings. The molecule has 0 aliphatic rings. The van der Waals surface area contributed by atoms with Crippen molar-refractivity contribution in [1.82, 2.24) is 9.55 Å². The molecule has 0 aliphatic heterocycles. The van der Waals surface area contributed by atoms with Crippen LogP contribution < -0.4 is 0 Å². The lowest BCUT2D eigenvalue weighted by molar-refractivity contribution is 0.454. The van der Waals surface area contributed by atoms with E-state index in [0.29, 0.717) is 5.92 Å². The first-order valence-corrected chi connectivity index (χ1v) is 3.81. The smallest absolute Gasteiger partial charge is 0.229 e. The average Bonchev–Trinajstić information content (AvgIpc) is 2.09. The van der Waals surface area contributed by atoms with E-state index in [1.165, 1.54) is 0 Å². The lowest BCUT2D eigenvalue weighted by Gasteiger charge is -2.02. The summed E-state index contributed by atoms with van der Waals surface area (Å²) in [5.74, 6) is 1.64. The van der Waals surface area contributed by atoms with E-state index in [2.05, 4.69) is 18.8 Å². The zero-order valence-corrected chi connectivity index (χ0v) is 7.20. The topological polar surface area (TPSA) is 38.1 Å². The fourth-order valence-electron chi connectivity index (χ4n) is 1.04. The van der Waals surface area contributed by atoms with Gasteiger partial charge in [-0.25, -0.2) is 0 Å². The first-order chi connectivity index (χ1) is 5.09. The highest BCUT2D eigenvalue weighted by molar-refractivity contribution is 5.07. The minimum absolute atomic E-state index is 0.114. The van der Waals surface area contributed by atoms with E-state index in [1.807, 2.05) is 11.6 Å². The quantitative estimate of drug-likeness (QED) is 0.697. The van der Waals surface area contributed by atoms with Gasteiger partial charge in [0.2, 0.25) is 5.88 Å². The molecule has 0 radical (unpaired) electrons. The molecule has 0 saturated heterocycles. The average molecular weight is 154 g/mol. The van der Waals surface area contributed by atoms with Crippen LogP contribution in [-0.2, 0) is 13.5 Å². The van der Waals surface area contributed by atoms with Gasteiger partial charge in [-0.1, -0.05) is 13.8 Å². The van der Waals surface area contributed by atoms with Crippen LogP contribution >= 0.6 is 0 Å². The number of aryl methyl sites for hydroxylation is 1. The van der Waals surface area contributed by atoms with Crippen molar-refractivity contribution in [2.24, 2.45) is 13.0 Å². The summed E-state index contributed by atoms with van der Waals surface area (Å²) < 4.78 is 1.86. The molecule has 1 rings (SSSR count). The Labute approximate surface area is 66.7 Å². The minimum atomic E-state index is 0.114. The van der Waals surface area contributed by atoms with Gasteiger partial charge in [0.1, 0.15) is 5.82 Å². The summed E-state index contributed by atoms with van der Waals surface area (Å²) in [5, 5.41) is 9.01. The van der Waals surface area contributed by atoms with Crippen LogP contribution in [0.15, 0.2) is 6.20 Å². The molecule has 0 unspecified atom stereocenters. The van der Waals surface area contributed by atoms with E-state index in [-0.39, 0.29) is 5.88 Å². The van der Waals surface area contributed by atoms with Crippen molar-refractivity contribution in [1.29, 1.82) is 0 Å². The summed E-state index contributed by atoms with van der Waals surface area (Å²) in [6.45, 7) is 4.26. The lowest BCUT2D eigenvalue weighted by atomic mass is 10.1. The minimum Gasteiger partial charge on any atom is -0.492 e. The molecule has 0 bridgehead atoms. The van der Waals surface area contributed by atoms with Crippen molar-refractivity contribution in [3.05, 3.63) is 12.0 Å². The van der Waals surface area contributed by atoms with Crippen LogP contribution in [0, 0.1) is 5.92 Å². The number of nitrogens with zero attached hydrogens (tertiary/aromatic N) is 2. The number of aromatic nitrogens is 2. The molecule has 1 aromatic heterocycles. The molecule has 3 nitrogen and oxygen atoms in total. The fourth-order valence-corrected chi connectivity index (χ4v) is 1.04. The third kappa shape index (κ3) is 1.97. The van der Waals surface area contributed by atoms with Crippen LogP contribution in [0.2, 0.25) is 0 Å². The third-order valence-electron chi connectivity index (χ3n) is 1.55. The van der Waals surface area contributed by atoms with Gasteiger partial charge in [0, 0.05) is 13.5 Å². The Morgan fingerprint density at radius 1 is 1.64 bits per heavy atom. The first kappa shape index (κ1) is 8.11. The van der Waals surface area contributed by atoms with E-state index in [4.69, 9.17) is 5.11 Å². The molecule has 0 aliphatic carbocycles. The Hall–Kier alpha value is -0.990. The Morgan fingerprint density at radius 2 is 2.27 bits per heavy atom. The third-order valence-corrected chi connectivity index (χ3v) is 1.55. The van der Waals surface area contributed by atoms with Crippen molar-refractivity contribution >= 4 is 0 Å². The molecule has 1 N–H and O–H groups in total. The number of imidazole rings is 1. The van der Waals surface area contributed by atoms with E-state index in [1.54, 1.807) is 6.20 Å². The Morgan fingerprint density at radius 3 is 2.64 bits per heavy atom. The van der Waals surface area contributed by atoms with E-state index < -0.39 is 0 Å². The van der Waals surface area contributed by atoms with Crippen LogP contribution in [0.4, 0.5) is 0 Å². The second-order valence-electron chi connectivity index (χ2n) is 3.22. The molecule has 0 amide bonds. The second kappa shape index (κ2) is 2.95. The van der Waals surface area contributed by atoms with E-state index in [0.717, 1.165) is 12.2 Å². The van der Waals surface area contributed by atoms with E-state index in [9.17, 15) is 0 Å². The maximum Gasteiger partial charge on any atom is 0.229 e. The highest BCUT2D eigenvalue weighted by Gasteiger charge is 2.05. The van der Waals surface area contributed by atoms with Crippen LogP contribution in [0.5, 0.6) is 5.88 Å². The van der Waals surface area contributed by atoms with Crippen LogP contribution in [0.25, 0.3) is 0 Å². The van der Waals surface area contributed by atoms with Crippen LogP contribution in [0.3, 0.4) is 0 Å². The maximum absolute atomic E-state index is 9.01.